The molecule has 0 aliphatic carbocycles. The van der Waals surface area contributed by atoms with Crippen molar-refractivity contribution < 1.29 is 113 Å². The van der Waals surface area contributed by atoms with Crippen LogP contribution in [0.15, 0.2) is 97.1 Å². The number of carbonyl (C=O) groups excluding carboxylic acids is 1. The Kier molecular flexibility index (Phi) is 15.5. The van der Waals surface area contributed by atoms with Crippen molar-refractivity contribution in [1.82, 2.24) is 0 Å². The van der Waals surface area contributed by atoms with Gasteiger partial charge in [0, 0.05) is 11.3 Å². The largest absolute Gasteiger partial charge is 0.479 e. The number of para-hydroxylation sites is 1. The van der Waals surface area contributed by atoms with Gasteiger partial charge in [0.25, 0.3) is 0 Å². The summed E-state index contributed by atoms with van der Waals surface area (Å²) in [4.78, 5) is 51.7. The maximum Gasteiger partial charge on any atom is 0.335 e. The molecule has 8 rings (SSSR count). The summed E-state index contributed by atoms with van der Waals surface area (Å²) in [5.41, 5.74) is 1.53. The Morgan fingerprint density at radius 3 is 1.64 bits per heavy atom. The summed E-state index contributed by atoms with van der Waals surface area (Å²) in [6, 6.07) is 22.7. The Bertz CT molecular complexity index is 2590. The van der Waals surface area contributed by atoms with Gasteiger partial charge in [-0.2, -0.15) is 0 Å². The lowest BCUT2D eigenvalue weighted by atomic mass is 9.77. The first-order valence-corrected chi connectivity index (χ1v) is 22.4. The highest BCUT2D eigenvalue weighted by Gasteiger charge is 2.53. The number of aliphatic hydroxyl groups excluding tert-OH is 9. The number of rotatable bonds is 16. The minimum atomic E-state index is -2.09. The molecule has 4 heterocycles. The van der Waals surface area contributed by atoms with Crippen molar-refractivity contribution in [2.75, 3.05) is 4.90 Å². The number of halogens is 1. The monoisotopic (exact) mass is 1010 g/mol. The molecular weight excluding hydrogens is 962 g/mol. The zero-order chi connectivity index (χ0) is 51.9. The van der Waals surface area contributed by atoms with E-state index in [0.717, 1.165) is 12.1 Å². The van der Waals surface area contributed by atoms with E-state index in [2.05, 4.69) is 0 Å². The molecule has 4 aliphatic heterocycles. The van der Waals surface area contributed by atoms with E-state index >= 15 is 0 Å². The molecule has 6 unspecified atom stereocenters. The van der Waals surface area contributed by atoms with Gasteiger partial charge in [0.05, 0.1) is 18.1 Å². The van der Waals surface area contributed by atoms with Crippen molar-refractivity contribution in [3.05, 3.63) is 114 Å². The number of carboxylic acids is 3. The van der Waals surface area contributed by atoms with Gasteiger partial charge < -0.3 is 94.6 Å². The Morgan fingerprint density at radius 2 is 1.08 bits per heavy atom. The molecule has 4 aromatic rings. The molecule has 4 fully saturated rings. The number of hydrogen-bond donors (Lipinski definition) is 12. The molecule has 0 radical (unpaired) electrons. The number of carbonyl (C=O) groups is 4. The van der Waals surface area contributed by atoms with Crippen molar-refractivity contribution in [2.24, 2.45) is 5.92 Å². The Hall–Kier alpha value is -6.23. The van der Waals surface area contributed by atoms with Crippen LogP contribution in [0.2, 0.25) is 0 Å². The van der Waals surface area contributed by atoms with Crippen LogP contribution in [-0.2, 0) is 38.1 Å². The molecule has 386 valence electrons. The number of nitrogens with zero attached hydrogens (tertiary/aromatic N) is 1. The second-order valence-corrected chi connectivity index (χ2v) is 17.6. The minimum absolute atomic E-state index is 0.0311. The summed E-state index contributed by atoms with van der Waals surface area (Å²) in [7, 11) is 0. The average Bonchev–Trinajstić information content (AvgIpc) is 3.36. The molecule has 23 nitrogen and oxygen atoms in total. The number of anilines is 1. The van der Waals surface area contributed by atoms with Gasteiger partial charge in [-0.15, -0.1) is 0 Å². The Morgan fingerprint density at radius 1 is 0.569 bits per heavy atom. The summed E-state index contributed by atoms with van der Waals surface area (Å²) < 4.78 is 48.4. The smallest absolute Gasteiger partial charge is 0.335 e. The molecule has 12 N–H and O–H groups in total. The second kappa shape index (κ2) is 21.5. The summed E-state index contributed by atoms with van der Waals surface area (Å²) in [5.74, 6) is -7.28. The Balaban J connectivity index is 1.16. The topological polar surface area (TPSA) is 370 Å². The van der Waals surface area contributed by atoms with Crippen molar-refractivity contribution in [3.8, 4) is 22.6 Å². The highest BCUT2D eigenvalue weighted by Crippen LogP contribution is 2.50. The number of aliphatic hydroxyl groups is 9. The van der Waals surface area contributed by atoms with Crippen LogP contribution in [0.5, 0.6) is 11.5 Å². The zero-order valence-electron chi connectivity index (χ0n) is 37.3. The van der Waals surface area contributed by atoms with Crippen molar-refractivity contribution >= 4 is 29.5 Å². The van der Waals surface area contributed by atoms with Gasteiger partial charge in [0.1, 0.15) is 72.3 Å². The van der Waals surface area contributed by atoms with E-state index < -0.39 is 140 Å². The lowest BCUT2D eigenvalue weighted by molar-refractivity contribution is -0.306. The molecule has 72 heavy (non-hydrogen) atoms. The molecule has 0 saturated carbocycles. The molecule has 0 bridgehead atoms. The molecule has 4 saturated heterocycles. The first kappa shape index (κ1) is 52.1. The summed E-state index contributed by atoms with van der Waals surface area (Å²) in [5, 5.41) is 124. The van der Waals surface area contributed by atoms with Crippen molar-refractivity contribution in [3.63, 3.8) is 0 Å². The van der Waals surface area contributed by atoms with Gasteiger partial charge in [0.2, 0.25) is 18.5 Å². The van der Waals surface area contributed by atoms with Crippen LogP contribution in [-0.4, -0.2) is 177 Å². The van der Waals surface area contributed by atoms with Gasteiger partial charge in [-0.25, -0.2) is 18.8 Å². The maximum atomic E-state index is 14.4. The zero-order valence-corrected chi connectivity index (χ0v) is 37.3. The number of ether oxygens (including phenoxy) is 6. The number of amides is 1. The molecule has 0 aromatic heterocycles. The highest BCUT2D eigenvalue weighted by molar-refractivity contribution is 6.03. The molecule has 4 aliphatic rings. The van der Waals surface area contributed by atoms with Crippen LogP contribution in [0.1, 0.15) is 36.1 Å². The van der Waals surface area contributed by atoms with Gasteiger partial charge in [-0.05, 0) is 72.0 Å². The number of hydrogen-bond acceptors (Lipinski definition) is 19. The van der Waals surface area contributed by atoms with Crippen LogP contribution in [0.4, 0.5) is 10.1 Å². The third-order valence-electron chi connectivity index (χ3n) is 13.0. The van der Waals surface area contributed by atoms with E-state index in [1.165, 1.54) is 47.4 Å². The van der Waals surface area contributed by atoms with Crippen LogP contribution in [0.25, 0.3) is 11.1 Å². The fourth-order valence-electron chi connectivity index (χ4n) is 9.08. The standard InChI is InChI=1S/C48H50FNO22/c49-22-12-9-19(10-13-22)27(68-47-37(58)31(52)34(55)40(71-47)44(63)64)16-15-26-29(50(42(26)60)23-6-2-1-3-7-23)25-14-11-21(18-28(25)69-48-38(59)32(53)35(56)41(72-48)45(65)66)20-5-4-8-24(17-20)67-46-36(57)30(51)33(54)39(70-46)43(61)62/h1-14,17-18,26-27,29-41,46-48,51-59H,15-16H2,(H,61,62)(H,63,64)(H,65,66)/t26-,27+,29-,30+,31+,32+,33+,34+,35+,36?,37?,38?,39?,40?,41?,46-,47-,48-/m1/s1. The molecule has 0 spiro atoms. The molecular formula is C48H50FNO22. The molecule has 4 aromatic carbocycles. The van der Waals surface area contributed by atoms with Crippen molar-refractivity contribution in [2.45, 2.75) is 117 Å². The summed E-state index contributed by atoms with van der Waals surface area (Å²) in [6.07, 6.45) is -31.2. The van der Waals surface area contributed by atoms with Crippen LogP contribution in [0.3, 0.4) is 0 Å². The third-order valence-corrected chi connectivity index (χ3v) is 13.0. The SMILES string of the molecule is O=C(O)C1O[C@@H](Oc2cccc(-c3ccc([C@@H]4[C@@H](CC[C@H](O[C@@H]5OC(C(=O)O)[C@@H](O)[C@H](O)C5O)c5ccc(F)cc5)C(=O)N4c4ccccc4)c(O[C@@H]4OC(C(=O)O)[C@@H](O)[C@H](O)C4O)c3)c2)C(O)[C@@H](O)[C@@H]1O. The number of carboxylic acid groups (broad SMARTS) is 3. The van der Waals surface area contributed by atoms with E-state index in [0.29, 0.717) is 16.8 Å². The van der Waals surface area contributed by atoms with Gasteiger partial charge in [0.15, 0.2) is 24.6 Å². The van der Waals surface area contributed by atoms with E-state index in [4.69, 9.17) is 28.4 Å². The number of benzene rings is 4. The van der Waals surface area contributed by atoms with Crippen LogP contribution >= 0.6 is 0 Å². The van der Waals surface area contributed by atoms with E-state index in [9.17, 15) is 84.8 Å². The highest BCUT2D eigenvalue weighted by atomic mass is 19.1. The first-order valence-electron chi connectivity index (χ1n) is 22.4. The van der Waals surface area contributed by atoms with Crippen molar-refractivity contribution in [1.29, 1.82) is 0 Å². The fraction of sp³-hybridized carbons (Fsp3) is 0.417. The van der Waals surface area contributed by atoms with Gasteiger partial charge in [-0.1, -0.05) is 54.6 Å². The van der Waals surface area contributed by atoms with Crippen LogP contribution < -0.4 is 14.4 Å². The van der Waals surface area contributed by atoms with E-state index in [1.54, 1.807) is 42.5 Å². The third kappa shape index (κ3) is 10.4. The number of β-lactam (4-membered cyclic amide) rings is 1. The minimum Gasteiger partial charge on any atom is -0.479 e. The lowest BCUT2D eigenvalue weighted by Crippen LogP contribution is -2.61. The number of aliphatic carboxylic acids is 3. The lowest BCUT2D eigenvalue weighted by Gasteiger charge is -2.48. The maximum absolute atomic E-state index is 14.4. The summed E-state index contributed by atoms with van der Waals surface area (Å²) >= 11 is 0. The van der Waals surface area contributed by atoms with E-state index in [-0.39, 0.29) is 35.5 Å². The quantitative estimate of drug-likeness (QED) is 0.0609. The molecule has 18 atom stereocenters. The molecule has 1 amide bonds. The van der Waals surface area contributed by atoms with Crippen LogP contribution in [0, 0.1) is 11.7 Å². The first-order chi connectivity index (χ1) is 34.2. The predicted molar refractivity (Wildman–Crippen MR) is 236 cm³/mol. The van der Waals surface area contributed by atoms with Gasteiger partial charge >= 0.3 is 17.9 Å². The summed E-state index contributed by atoms with van der Waals surface area (Å²) in [6.45, 7) is 0. The van der Waals surface area contributed by atoms with Gasteiger partial charge in [-0.3, -0.25) is 4.79 Å². The van der Waals surface area contributed by atoms with E-state index in [1.807, 2.05) is 0 Å². The fourth-order valence-corrected chi connectivity index (χ4v) is 9.08. The normalized spacial score (nSPS) is 34.1. The molecule has 24 heteroatoms. The average molecular weight is 1010 g/mol. The Labute approximate surface area is 406 Å². The predicted octanol–water partition coefficient (Wildman–Crippen LogP) is -0.831. The second-order valence-electron chi connectivity index (χ2n) is 17.6.